The molecule has 1 aliphatic rings. The van der Waals surface area contributed by atoms with E-state index in [-0.39, 0.29) is 22.5 Å². The second-order valence-electron chi connectivity index (χ2n) is 7.20. The Morgan fingerprint density at radius 1 is 1.17 bits per heavy atom. The fourth-order valence-electron chi connectivity index (χ4n) is 3.78. The van der Waals surface area contributed by atoms with E-state index in [2.05, 4.69) is 30.1 Å². The second kappa shape index (κ2) is 7.52. The summed E-state index contributed by atoms with van der Waals surface area (Å²) in [6, 6.07) is 2.77. The monoisotopic (exact) mass is 418 g/mol. The van der Waals surface area contributed by atoms with Crippen LogP contribution in [0.25, 0.3) is 5.82 Å². The smallest absolute Gasteiger partial charge is 0.267 e. The van der Waals surface area contributed by atoms with Gasteiger partial charge < -0.3 is 0 Å². The highest BCUT2D eigenvalue weighted by atomic mass is 32.2. The normalized spacial score (nSPS) is 20.1. The molecule has 154 valence electrons. The lowest BCUT2D eigenvalue weighted by Gasteiger charge is -2.29. The van der Waals surface area contributed by atoms with Crippen LogP contribution < -0.4 is 10.3 Å². The molecule has 3 aromatic heterocycles. The van der Waals surface area contributed by atoms with Gasteiger partial charge in [-0.3, -0.25) is 9.89 Å². The van der Waals surface area contributed by atoms with Gasteiger partial charge in [-0.05, 0) is 45.6 Å². The van der Waals surface area contributed by atoms with Crippen molar-refractivity contribution in [2.24, 2.45) is 0 Å². The van der Waals surface area contributed by atoms with Crippen LogP contribution in [0.1, 0.15) is 43.1 Å². The Kier molecular flexibility index (Phi) is 5.04. The highest BCUT2D eigenvalue weighted by molar-refractivity contribution is 7.89. The van der Waals surface area contributed by atoms with Crippen LogP contribution >= 0.6 is 0 Å². The van der Waals surface area contributed by atoms with Gasteiger partial charge in [0.15, 0.2) is 5.82 Å². The van der Waals surface area contributed by atoms with Gasteiger partial charge >= 0.3 is 0 Å². The molecule has 0 amide bonds. The average Bonchev–Trinajstić information content (AvgIpc) is 3.33. The number of rotatable bonds is 5. The molecule has 2 N–H and O–H groups in total. The summed E-state index contributed by atoms with van der Waals surface area (Å²) < 4.78 is 31.2. The van der Waals surface area contributed by atoms with E-state index >= 15 is 0 Å². The van der Waals surface area contributed by atoms with Gasteiger partial charge in [0.05, 0.1) is 17.4 Å². The van der Waals surface area contributed by atoms with Crippen molar-refractivity contribution < 1.29 is 8.42 Å². The first-order valence-electron chi connectivity index (χ1n) is 9.34. The average molecular weight is 418 g/mol. The van der Waals surface area contributed by atoms with Gasteiger partial charge in [0.2, 0.25) is 10.0 Å². The van der Waals surface area contributed by atoms with E-state index in [0.29, 0.717) is 42.9 Å². The summed E-state index contributed by atoms with van der Waals surface area (Å²) in [5.74, 6) is 0.510. The summed E-state index contributed by atoms with van der Waals surface area (Å²) in [5.41, 5.74) is 0.774. The fourth-order valence-corrected chi connectivity index (χ4v) is 5.45. The minimum Gasteiger partial charge on any atom is -0.281 e. The Morgan fingerprint density at radius 3 is 2.55 bits per heavy atom. The van der Waals surface area contributed by atoms with Crippen LogP contribution in [0.15, 0.2) is 34.5 Å². The van der Waals surface area contributed by atoms with Gasteiger partial charge in [0.25, 0.3) is 5.56 Å². The van der Waals surface area contributed by atoms with E-state index < -0.39 is 10.0 Å². The van der Waals surface area contributed by atoms with Gasteiger partial charge in [0, 0.05) is 12.1 Å². The summed E-state index contributed by atoms with van der Waals surface area (Å²) in [6.07, 6.45) is 5.43. The van der Waals surface area contributed by atoms with Crippen LogP contribution in [-0.4, -0.2) is 49.2 Å². The Hall–Kier alpha value is -2.86. The lowest BCUT2D eigenvalue weighted by atomic mass is 9.92. The van der Waals surface area contributed by atoms with Crippen LogP contribution in [0.3, 0.4) is 0 Å². The van der Waals surface area contributed by atoms with Crippen molar-refractivity contribution in [3.8, 4) is 5.82 Å². The molecule has 1 saturated carbocycles. The number of hydrogen-bond acceptors (Lipinski definition) is 7. The Labute approximate surface area is 167 Å². The molecule has 0 atom stereocenters. The van der Waals surface area contributed by atoms with E-state index in [1.54, 1.807) is 19.9 Å². The first kappa shape index (κ1) is 19.5. The molecule has 0 aliphatic heterocycles. The molecule has 0 saturated heterocycles. The predicted molar refractivity (Wildman–Crippen MR) is 103 cm³/mol. The number of nitrogens with zero attached hydrogens (tertiary/aromatic N) is 6. The molecule has 29 heavy (non-hydrogen) atoms. The Bertz CT molecular complexity index is 1140. The number of H-pyrrole nitrogens is 1. The molecule has 0 radical (unpaired) electrons. The minimum absolute atomic E-state index is 0.0934. The molecule has 1 fully saturated rings. The first-order chi connectivity index (χ1) is 13.8. The van der Waals surface area contributed by atoms with Crippen LogP contribution in [0.5, 0.6) is 0 Å². The Balaban J connectivity index is 1.46. The molecular formula is C17H22N8O3S. The second-order valence-corrected chi connectivity index (χ2v) is 8.86. The van der Waals surface area contributed by atoms with Crippen molar-refractivity contribution in [2.75, 3.05) is 0 Å². The Morgan fingerprint density at radius 2 is 1.93 bits per heavy atom. The molecule has 3 heterocycles. The fraction of sp³-hybridized carbons (Fsp3) is 0.471. The quantitative estimate of drug-likeness (QED) is 0.619. The van der Waals surface area contributed by atoms with Crippen LogP contribution in [-0.2, 0) is 10.0 Å². The SMILES string of the molecule is Cc1n[nH]c(C)c1S(=O)(=O)NC1CCC(n2nc(-n3cncn3)ccc2=O)CC1. The highest BCUT2D eigenvalue weighted by Gasteiger charge is 2.30. The number of aryl methyl sites for hydroxylation is 2. The third kappa shape index (κ3) is 3.85. The topological polar surface area (TPSA) is 140 Å². The van der Waals surface area contributed by atoms with Crippen molar-refractivity contribution in [1.82, 2.24) is 39.5 Å². The van der Waals surface area contributed by atoms with E-state index in [1.165, 1.54) is 28.1 Å². The third-order valence-electron chi connectivity index (χ3n) is 5.16. The zero-order chi connectivity index (χ0) is 20.6. The maximum absolute atomic E-state index is 12.7. The lowest BCUT2D eigenvalue weighted by Crippen LogP contribution is -2.40. The van der Waals surface area contributed by atoms with Gasteiger partial charge in [-0.1, -0.05) is 0 Å². The number of nitrogens with one attached hydrogen (secondary N) is 2. The molecule has 0 bridgehead atoms. The predicted octanol–water partition coefficient (Wildman–Crippen LogP) is 0.626. The molecule has 1 aliphatic carbocycles. The number of hydrogen-bond donors (Lipinski definition) is 2. The van der Waals surface area contributed by atoms with Crippen LogP contribution in [0, 0.1) is 13.8 Å². The molecule has 0 aromatic carbocycles. The maximum atomic E-state index is 12.7. The van der Waals surface area contributed by atoms with Crippen LogP contribution in [0.2, 0.25) is 0 Å². The van der Waals surface area contributed by atoms with E-state index in [0.717, 1.165) is 0 Å². The maximum Gasteiger partial charge on any atom is 0.267 e. The van der Waals surface area contributed by atoms with Crippen LogP contribution in [0.4, 0.5) is 0 Å². The zero-order valence-electron chi connectivity index (χ0n) is 16.1. The molecule has 11 nitrogen and oxygen atoms in total. The van der Waals surface area contributed by atoms with Crippen molar-refractivity contribution in [3.63, 3.8) is 0 Å². The summed E-state index contributed by atoms with van der Waals surface area (Å²) in [7, 11) is -3.65. The standard InChI is InChI=1S/C17H22N8O3S/c1-11-17(12(2)21-20-11)29(27,28)23-13-3-5-14(6-4-13)25-16(26)8-7-15(22-25)24-10-18-9-19-24/h7-10,13-14,23H,3-6H2,1-2H3,(H,20,21). The largest absolute Gasteiger partial charge is 0.281 e. The third-order valence-corrected chi connectivity index (χ3v) is 6.94. The van der Waals surface area contributed by atoms with Gasteiger partial charge in [-0.15, -0.1) is 5.10 Å². The molecule has 0 unspecified atom stereocenters. The lowest BCUT2D eigenvalue weighted by molar-refractivity contribution is 0.285. The number of aromatic amines is 1. The van der Waals surface area contributed by atoms with E-state index in [4.69, 9.17) is 0 Å². The molecule has 0 spiro atoms. The van der Waals surface area contributed by atoms with Crippen molar-refractivity contribution in [2.45, 2.75) is 56.5 Å². The number of aromatic nitrogens is 7. The highest BCUT2D eigenvalue weighted by Crippen LogP contribution is 2.28. The van der Waals surface area contributed by atoms with E-state index in [9.17, 15) is 13.2 Å². The summed E-state index contributed by atoms with van der Waals surface area (Å²) >= 11 is 0. The summed E-state index contributed by atoms with van der Waals surface area (Å²) in [5, 5.41) is 15.1. The molecule has 4 rings (SSSR count). The van der Waals surface area contributed by atoms with Gasteiger partial charge in [-0.2, -0.15) is 10.2 Å². The van der Waals surface area contributed by atoms with Crippen molar-refractivity contribution in [1.29, 1.82) is 0 Å². The summed E-state index contributed by atoms with van der Waals surface area (Å²) in [4.78, 5) is 16.4. The van der Waals surface area contributed by atoms with Gasteiger partial charge in [0.1, 0.15) is 17.6 Å². The molecule has 12 heteroatoms. The molecule has 3 aromatic rings. The molecular weight excluding hydrogens is 396 g/mol. The first-order valence-corrected chi connectivity index (χ1v) is 10.8. The van der Waals surface area contributed by atoms with Crippen molar-refractivity contribution >= 4 is 10.0 Å². The van der Waals surface area contributed by atoms with Gasteiger partial charge in [-0.25, -0.2) is 27.5 Å². The van der Waals surface area contributed by atoms with Crippen molar-refractivity contribution in [3.05, 3.63) is 46.5 Å². The zero-order valence-corrected chi connectivity index (χ0v) is 16.9. The minimum atomic E-state index is -3.65. The number of sulfonamides is 1. The van der Waals surface area contributed by atoms with E-state index in [1.807, 2.05) is 0 Å². The summed E-state index contributed by atoms with van der Waals surface area (Å²) in [6.45, 7) is 3.35.